The van der Waals surface area contributed by atoms with E-state index in [1.54, 1.807) is 36.5 Å². The van der Waals surface area contributed by atoms with Crippen LogP contribution in [0.3, 0.4) is 0 Å². The number of hydrogen-bond acceptors (Lipinski definition) is 5. The summed E-state index contributed by atoms with van der Waals surface area (Å²) >= 11 is 0. The minimum atomic E-state index is -0.317. The van der Waals surface area contributed by atoms with Crippen LogP contribution in [0.4, 0.5) is 4.39 Å². The molecule has 0 fully saturated rings. The summed E-state index contributed by atoms with van der Waals surface area (Å²) in [4.78, 5) is 24.1. The molecule has 2 N–H and O–H groups in total. The molecule has 0 bridgehead atoms. The minimum absolute atomic E-state index is 0.0454. The summed E-state index contributed by atoms with van der Waals surface area (Å²) in [7, 11) is 0. The number of amides is 1. The lowest BCUT2D eigenvalue weighted by Gasteiger charge is -2.13. The zero-order valence-electron chi connectivity index (χ0n) is 20.5. The lowest BCUT2D eigenvalue weighted by molar-refractivity contribution is 0.0366. The average Bonchev–Trinajstić information content (AvgIpc) is 3.26. The Morgan fingerprint density at radius 3 is 2.56 bits per heavy atom. The van der Waals surface area contributed by atoms with Crippen molar-refractivity contribution in [2.75, 3.05) is 6.54 Å². The summed E-state index contributed by atoms with van der Waals surface area (Å²) in [6.45, 7) is 6.30. The lowest BCUT2D eigenvalue weighted by atomic mass is 9.99. The third-order valence-electron chi connectivity index (χ3n) is 5.57. The summed E-state index contributed by atoms with van der Waals surface area (Å²) in [6.07, 6.45) is 4.12. The van der Waals surface area contributed by atoms with Gasteiger partial charge in [0.15, 0.2) is 0 Å². The zero-order valence-corrected chi connectivity index (χ0v) is 20.5. The molecule has 2 aromatic carbocycles. The highest BCUT2D eigenvalue weighted by Gasteiger charge is 2.17. The van der Waals surface area contributed by atoms with Gasteiger partial charge >= 0.3 is 0 Å². The SMILES string of the molecule is CC(CNC(=O)c1ccccc1O)Cc1cc(-c2cn(OC(C)C)nc2-c2ccc(F)cc2)ccn1. The smallest absolute Gasteiger partial charge is 0.255 e. The van der Waals surface area contributed by atoms with Gasteiger partial charge in [-0.2, -0.15) is 0 Å². The topological polar surface area (TPSA) is 89.3 Å². The number of phenols is 1. The number of benzene rings is 2. The summed E-state index contributed by atoms with van der Waals surface area (Å²) in [5.41, 5.74) is 4.31. The van der Waals surface area contributed by atoms with E-state index in [9.17, 15) is 14.3 Å². The van der Waals surface area contributed by atoms with E-state index in [2.05, 4.69) is 15.4 Å². The van der Waals surface area contributed by atoms with Crippen LogP contribution < -0.4 is 10.2 Å². The largest absolute Gasteiger partial charge is 0.507 e. The average molecular weight is 489 g/mol. The van der Waals surface area contributed by atoms with Crippen LogP contribution in [-0.4, -0.2) is 38.6 Å². The molecular formula is C28H29FN4O3. The molecule has 2 aromatic heterocycles. The second-order valence-corrected chi connectivity index (χ2v) is 9.03. The van der Waals surface area contributed by atoms with E-state index in [1.165, 1.54) is 23.0 Å². The van der Waals surface area contributed by atoms with Gasteiger partial charge in [0.1, 0.15) is 23.4 Å². The molecule has 1 amide bonds. The van der Waals surface area contributed by atoms with E-state index in [-0.39, 0.29) is 35.1 Å². The number of para-hydroxylation sites is 1. The predicted octanol–water partition coefficient (Wildman–Crippen LogP) is 4.90. The zero-order chi connectivity index (χ0) is 25.7. The number of hydrogen-bond donors (Lipinski definition) is 2. The van der Waals surface area contributed by atoms with Gasteiger partial charge in [-0.1, -0.05) is 19.1 Å². The number of pyridine rings is 1. The van der Waals surface area contributed by atoms with Gasteiger partial charge in [-0.15, -0.1) is 9.94 Å². The molecule has 0 aliphatic rings. The first kappa shape index (κ1) is 24.9. The van der Waals surface area contributed by atoms with E-state index in [4.69, 9.17) is 4.84 Å². The minimum Gasteiger partial charge on any atom is -0.507 e. The van der Waals surface area contributed by atoms with Crippen LogP contribution in [0.15, 0.2) is 73.1 Å². The van der Waals surface area contributed by atoms with E-state index >= 15 is 0 Å². The Balaban J connectivity index is 1.52. The van der Waals surface area contributed by atoms with Gasteiger partial charge in [-0.25, -0.2) is 4.39 Å². The molecule has 0 saturated carbocycles. The maximum Gasteiger partial charge on any atom is 0.255 e. The second kappa shape index (κ2) is 11.0. The first-order chi connectivity index (χ1) is 17.3. The molecule has 186 valence electrons. The summed E-state index contributed by atoms with van der Waals surface area (Å²) in [5.74, 6) is -0.571. The number of aromatic nitrogens is 3. The highest BCUT2D eigenvalue weighted by atomic mass is 19.1. The van der Waals surface area contributed by atoms with Crippen molar-refractivity contribution in [1.29, 1.82) is 0 Å². The van der Waals surface area contributed by atoms with Crippen LogP contribution in [-0.2, 0) is 6.42 Å². The fourth-order valence-corrected chi connectivity index (χ4v) is 3.87. The first-order valence-corrected chi connectivity index (χ1v) is 11.8. The number of aromatic hydroxyl groups is 1. The van der Waals surface area contributed by atoms with Gasteiger partial charge in [-0.05, 0) is 80.3 Å². The summed E-state index contributed by atoms with van der Waals surface area (Å²) in [6, 6.07) is 16.6. The van der Waals surface area contributed by atoms with Crippen molar-refractivity contribution >= 4 is 5.91 Å². The Labute approximate surface area is 209 Å². The van der Waals surface area contributed by atoms with Crippen molar-refractivity contribution in [3.63, 3.8) is 0 Å². The molecule has 4 aromatic rings. The molecule has 36 heavy (non-hydrogen) atoms. The van der Waals surface area contributed by atoms with Crippen molar-refractivity contribution < 1.29 is 19.1 Å². The Morgan fingerprint density at radius 2 is 1.83 bits per heavy atom. The van der Waals surface area contributed by atoms with Crippen LogP contribution in [0.2, 0.25) is 0 Å². The van der Waals surface area contributed by atoms with Crippen molar-refractivity contribution in [2.24, 2.45) is 5.92 Å². The number of rotatable bonds is 9. The van der Waals surface area contributed by atoms with Crippen molar-refractivity contribution in [3.05, 3.63) is 90.1 Å². The number of carbonyl (C=O) groups is 1. The molecule has 4 rings (SSSR count). The van der Waals surface area contributed by atoms with Gasteiger partial charge in [0, 0.05) is 29.6 Å². The van der Waals surface area contributed by atoms with E-state index in [0.29, 0.717) is 18.7 Å². The molecule has 1 unspecified atom stereocenters. The third kappa shape index (κ3) is 6.07. The predicted molar refractivity (Wildman–Crippen MR) is 136 cm³/mol. The van der Waals surface area contributed by atoms with Gasteiger partial charge in [-0.3, -0.25) is 9.78 Å². The fourth-order valence-electron chi connectivity index (χ4n) is 3.87. The van der Waals surface area contributed by atoms with Gasteiger partial charge in [0.05, 0.1) is 11.8 Å². The van der Waals surface area contributed by atoms with Crippen molar-refractivity contribution in [3.8, 4) is 28.1 Å². The lowest BCUT2D eigenvalue weighted by Crippen LogP contribution is -2.29. The highest BCUT2D eigenvalue weighted by molar-refractivity contribution is 5.96. The van der Waals surface area contributed by atoms with Gasteiger partial charge in [0.25, 0.3) is 5.91 Å². The van der Waals surface area contributed by atoms with E-state index in [1.807, 2.05) is 39.1 Å². The normalized spacial score (nSPS) is 11.9. The maximum atomic E-state index is 13.5. The monoisotopic (exact) mass is 488 g/mol. The summed E-state index contributed by atoms with van der Waals surface area (Å²) < 4.78 is 13.5. The maximum absolute atomic E-state index is 13.5. The standard InChI is InChI=1S/C28H29FN4O3/c1-18(2)36-33-17-25(27(32-33)20-8-10-22(29)11-9-20)21-12-13-30-23(15-21)14-19(3)16-31-28(35)24-6-4-5-7-26(24)34/h4-13,15,17-19,34H,14,16H2,1-3H3,(H,31,35). The molecule has 0 spiro atoms. The second-order valence-electron chi connectivity index (χ2n) is 9.03. The van der Waals surface area contributed by atoms with E-state index in [0.717, 1.165) is 22.4 Å². The molecule has 7 nitrogen and oxygen atoms in total. The number of nitrogens with zero attached hydrogens (tertiary/aromatic N) is 3. The van der Waals surface area contributed by atoms with Crippen LogP contribution in [0.5, 0.6) is 5.75 Å². The highest BCUT2D eigenvalue weighted by Crippen LogP contribution is 2.31. The third-order valence-corrected chi connectivity index (χ3v) is 5.57. The molecule has 0 aliphatic carbocycles. The Kier molecular flexibility index (Phi) is 7.63. The molecule has 0 radical (unpaired) electrons. The first-order valence-electron chi connectivity index (χ1n) is 11.8. The number of nitrogens with one attached hydrogen (secondary N) is 1. The Morgan fingerprint density at radius 1 is 1.08 bits per heavy atom. The quantitative estimate of drug-likeness (QED) is 0.350. The van der Waals surface area contributed by atoms with Gasteiger partial charge < -0.3 is 15.3 Å². The Bertz CT molecular complexity index is 1330. The molecule has 8 heteroatoms. The summed E-state index contributed by atoms with van der Waals surface area (Å²) in [5, 5.41) is 17.3. The van der Waals surface area contributed by atoms with Crippen molar-refractivity contribution in [1.82, 2.24) is 20.2 Å². The Hall–Kier alpha value is -4.20. The number of carbonyl (C=O) groups excluding carboxylic acids is 1. The van der Waals surface area contributed by atoms with Crippen LogP contribution in [0, 0.1) is 11.7 Å². The van der Waals surface area contributed by atoms with Crippen LogP contribution >= 0.6 is 0 Å². The molecule has 2 heterocycles. The molecule has 0 saturated heterocycles. The molecule has 0 aliphatic heterocycles. The van der Waals surface area contributed by atoms with Crippen LogP contribution in [0.25, 0.3) is 22.4 Å². The van der Waals surface area contributed by atoms with E-state index < -0.39 is 0 Å². The molecule has 1 atom stereocenters. The number of halogens is 1. The van der Waals surface area contributed by atoms with Gasteiger partial charge in [0.2, 0.25) is 0 Å². The molecular weight excluding hydrogens is 459 g/mol. The van der Waals surface area contributed by atoms with Crippen LogP contribution in [0.1, 0.15) is 36.8 Å². The van der Waals surface area contributed by atoms with Crippen molar-refractivity contribution in [2.45, 2.75) is 33.3 Å². The number of phenolic OH excluding ortho intramolecular Hbond substituents is 1. The fraction of sp³-hybridized carbons (Fsp3) is 0.250.